The van der Waals surface area contributed by atoms with Gasteiger partial charge in [0.2, 0.25) is 5.91 Å². The average Bonchev–Trinajstić information content (AvgIpc) is 3.36. The van der Waals surface area contributed by atoms with Gasteiger partial charge < -0.3 is 25.6 Å². The summed E-state index contributed by atoms with van der Waals surface area (Å²) in [6, 6.07) is 18.6. The molecule has 2 aromatic carbocycles. The van der Waals surface area contributed by atoms with Crippen molar-refractivity contribution in [1.29, 1.82) is 0 Å². The number of aliphatic hydroxyl groups is 1. The van der Waals surface area contributed by atoms with E-state index in [1.807, 2.05) is 48.5 Å². The van der Waals surface area contributed by atoms with Gasteiger partial charge in [0, 0.05) is 49.3 Å². The lowest BCUT2D eigenvalue weighted by Gasteiger charge is -2.38. The molecular formula is C28H29ClN6O3. The molecule has 1 aliphatic rings. The molecule has 9 nitrogen and oxygen atoms in total. The number of H-pyrrole nitrogens is 1. The molecule has 10 heteroatoms. The molecule has 0 radical (unpaired) electrons. The Morgan fingerprint density at radius 3 is 2.47 bits per heavy atom. The van der Waals surface area contributed by atoms with E-state index in [1.165, 1.54) is 6.92 Å². The Hall–Kier alpha value is -3.95. The van der Waals surface area contributed by atoms with Gasteiger partial charge in [-0.2, -0.15) is 0 Å². The molecule has 1 fully saturated rings. The van der Waals surface area contributed by atoms with Crippen LogP contribution in [0.25, 0.3) is 22.4 Å². The fourth-order valence-electron chi connectivity index (χ4n) is 4.75. The predicted octanol–water partition coefficient (Wildman–Crippen LogP) is 3.95. The van der Waals surface area contributed by atoms with Crippen molar-refractivity contribution < 1.29 is 14.7 Å². The van der Waals surface area contributed by atoms with Crippen molar-refractivity contribution in [2.45, 2.75) is 25.4 Å². The monoisotopic (exact) mass is 532 g/mol. The van der Waals surface area contributed by atoms with Crippen molar-refractivity contribution in [2.75, 3.05) is 31.5 Å². The van der Waals surface area contributed by atoms with Crippen LogP contribution in [-0.4, -0.2) is 63.0 Å². The third-order valence-corrected chi connectivity index (χ3v) is 7.12. The number of aromatic amines is 1. The van der Waals surface area contributed by atoms with Crippen LogP contribution in [0.1, 0.15) is 35.8 Å². The van der Waals surface area contributed by atoms with E-state index in [0.29, 0.717) is 78.0 Å². The molecule has 0 bridgehead atoms. The minimum Gasteiger partial charge on any atom is -0.385 e. The highest BCUT2D eigenvalue weighted by molar-refractivity contribution is 6.31. The smallest absolute Gasteiger partial charge is 0.270 e. The van der Waals surface area contributed by atoms with Crippen LogP contribution < -0.4 is 10.6 Å². The number of nitrogens with zero attached hydrogens (tertiary/aromatic N) is 3. The average molecular weight is 533 g/mol. The van der Waals surface area contributed by atoms with Crippen molar-refractivity contribution in [3.63, 3.8) is 0 Å². The Bertz CT molecular complexity index is 1460. The summed E-state index contributed by atoms with van der Waals surface area (Å²) in [6.07, 6.45) is 0.771. The first-order valence-corrected chi connectivity index (χ1v) is 12.9. The molecule has 2 amide bonds. The lowest BCUT2D eigenvalue weighted by Crippen LogP contribution is -2.45. The number of aromatic nitrogens is 3. The molecule has 2 aromatic heterocycles. The van der Waals surface area contributed by atoms with Crippen LogP contribution in [-0.2, 0) is 10.4 Å². The second-order valence-corrected chi connectivity index (χ2v) is 9.83. The maximum absolute atomic E-state index is 13.5. The summed E-state index contributed by atoms with van der Waals surface area (Å²) in [7, 11) is 0. The summed E-state index contributed by atoms with van der Waals surface area (Å²) in [5, 5.41) is 18.5. The molecule has 4 aromatic rings. The molecule has 1 saturated heterocycles. The van der Waals surface area contributed by atoms with Crippen molar-refractivity contribution in [2.24, 2.45) is 0 Å². The summed E-state index contributed by atoms with van der Waals surface area (Å²) in [6.45, 7) is 3.13. The van der Waals surface area contributed by atoms with Gasteiger partial charge in [0.15, 0.2) is 5.82 Å². The fraction of sp³-hybridized carbons (Fsp3) is 0.286. The lowest BCUT2D eigenvalue weighted by atomic mass is 9.84. The van der Waals surface area contributed by atoms with Crippen LogP contribution in [0.2, 0.25) is 5.02 Å². The number of rotatable bonds is 7. The van der Waals surface area contributed by atoms with E-state index in [-0.39, 0.29) is 11.8 Å². The van der Waals surface area contributed by atoms with Gasteiger partial charge in [-0.25, -0.2) is 9.97 Å². The van der Waals surface area contributed by atoms with E-state index in [9.17, 15) is 14.7 Å². The van der Waals surface area contributed by atoms with Gasteiger partial charge in [-0.15, -0.1) is 0 Å². The number of hydrogen-bond donors (Lipinski definition) is 4. The third-order valence-electron chi connectivity index (χ3n) is 6.79. The Kier molecular flexibility index (Phi) is 7.31. The SMILES string of the molecule is CC(=O)NCCNc1nc(-c2ccccc2)nc2[nH]c(C(=O)N3CCC(O)(c4ccccc4Cl)CC3)cc12. The zero-order valence-electron chi connectivity index (χ0n) is 21.0. The summed E-state index contributed by atoms with van der Waals surface area (Å²) in [5.74, 6) is 0.807. The van der Waals surface area contributed by atoms with E-state index >= 15 is 0 Å². The van der Waals surface area contributed by atoms with Crippen molar-refractivity contribution in [3.05, 3.63) is 76.9 Å². The number of amides is 2. The quantitative estimate of drug-likeness (QED) is 0.267. The molecule has 0 spiro atoms. The zero-order valence-corrected chi connectivity index (χ0v) is 21.8. The number of nitrogens with one attached hydrogen (secondary N) is 3. The first-order chi connectivity index (χ1) is 18.3. The Balaban J connectivity index is 1.39. The molecule has 196 valence electrons. The van der Waals surface area contributed by atoms with Crippen LogP contribution in [0.5, 0.6) is 0 Å². The first kappa shape index (κ1) is 25.7. The topological polar surface area (TPSA) is 123 Å². The normalized spacial score (nSPS) is 14.9. The van der Waals surface area contributed by atoms with Crippen LogP contribution in [0, 0.1) is 0 Å². The first-order valence-electron chi connectivity index (χ1n) is 12.6. The Labute approximate surface area is 225 Å². The van der Waals surface area contributed by atoms with Crippen molar-refractivity contribution in [3.8, 4) is 11.4 Å². The maximum atomic E-state index is 13.5. The van der Waals surface area contributed by atoms with Gasteiger partial charge in [0.05, 0.1) is 11.0 Å². The number of halogens is 1. The summed E-state index contributed by atoms with van der Waals surface area (Å²) >= 11 is 6.33. The summed E-state index contributed by atoms with van der Waals surface area (Å²) < 4.78 is 0. The summed E-state index contributed by atoms with van der Waals surface area (Å²) in [5.41, 5.74) is 1.40. The lowest BCUT2D eigenvalue weighted by molar-refractivity contribution is -0.118. The maximum Gasteiger partial charge on any atom is 0.270 e. The molecule has 0 aliphatic carbocycles. The van der Waals surface area contributed by atoms with Crippen molar-refractivity contribution >= 4 is 40.3 Å². The van der Waals surface area contributed by atoms with Gasteiger partial charge in [0.25, 0.3) is 5.91 Å². The van der Waals surface area contributed by atoms with E-state index in [1.54, 1.807) is 17.0 Å². The number of likely N-dealkylation sites (tertiary alicyclic amines) is 1. The van der Waals surface area contributed by atoms with Crippen LogP contribution in [0.15, 0.2) is 60.7 Å². The molecular weight excluding hydrogens is 504 g/mol. The molecule has 5 rings (SSSR count). The molecule has 0 unspecified atom stereocenters. The van der Waals surface area contributed by atoms with Crippen LogP contribution in [0.3, 0.4) is 0 Å². The molecule has 38 heavy (non-hydrogen) atoms. The molecule has 0 atom stereocenters. The highest BCUT2D eigenvalue weighted by Gasteiger charge is 2.37. The van der Waals surface area contributed by atoms with E-state index < -0.39 is 5.60 Å². The molecule has 3 heterocycles. The Morgan fingerprint density at radius 1 is 1.05 bits per heavy atom. The Morgan fingerprint density at radius 2 is 1.76 bits per heavy atom. The number of fused-ring (bicyclic) bond motifs is 1. The number of benzene rings is 2. The highest BCUT2D eigenvalue weighted by atomic mass is 35.5. The predicted molar refractivity (Wildman–Crippen MR) is 147 cm³/mol. The number of hydrogen-bond acceptors (Lipinski definition) is 6. The van der Waals surface area contributed by atoms with Gasteiger partial charge in [-0.3, -0.25) is 9.59 Å². The molecule has 0 saturated carbocycles. The second-order valence-electron chi connectivity index (χ2n) is 9.42. The second kappa shape index (κ2) is 10.8. The van der Waals surface area contributed by atoms with Gasteiger partial charge in [-0.1, -0.05) is 60.1 Å². The number of carbonyl (C=O) groups is 2. The molecule has 4 N–H and O–H groups in total. The largest absolute Gasteiger partial charge is 0.385 e. The number of carbonyl (C=O) groups excluding carboxylic acids is 2. The van der Waals surface area contributed by atoms with E-state index in [2.05, 4.69) is 20.6 Å². The van der Waals surface area contributed by atoms with Gasteiger partial charge >= 0.3 is 0 Å². The number of anilines is 1. The van der Waals surface area contributed by atoms with E-state index in [4.69, 9.17) is 16.6 Å². The minimum atomic E-state index is -1.07. The molecule has 1 aliphatic heterocycles. The van der Waals surface area contributed by atoms with Crippen LogP contribution in [0.4, 0.5) is 5.82 Å². The number of piperidine rings is 1. The van der Waals surface area contributed by atoms with Gasteiger partial charge in [-0.05, 0) is 25.0 Å². The van der Waals surface area contributed by atoms with Gasteiger partial charge in [0.1, 0.15) is 17.2 Å². The van der Waals surface area contributed by atoms with E-state index in [0.717, 1.165) is 5.56 Å². The standard InChI is InChI=1S/C28H29ClN6O3/c1-18(36)30-13-14-31-25-20-17-23(32-26(20)34-24(33-25)19-7-3-2-4-8-19)27(37)35-15-11-28(38,12-16-35)21-9-5-6-10-22(21)29/h2-10,17,38H,11-16H2,1H3,(H,30,36)(H2,31,32,33,34). The van der Waals surface area contributed by atoms with Crippen molar-refractivity contribution in [1.82, 2.24) is 25.2 Å². The zero-order chi connectivity index (χ0) is 26.7. The highest BCUT2D eigenvalue weighted by Crippen LogP contribution is 2.37. The summed E-state index contributed by atoms with van der Waals surface area (Å²) in [4.78, 5) is 39.0. The third kappa shape index (κ3) is 5.34. The fourth-order valence-corrected chi connectivity index (χ4v) is 5.06. The minimum absolute atomic E-state index is 0.109. The van der Waals surface area contributed by atoms with Crippen LogP contribution >= 0.6 is 11.6 Å².